The average molecular weight is 589 g/mol. The minimum Gasteiger partial charge on any atom is -0.493 e. The van der Waals surface area contributed by atoms with Gasteiger partial charge in [0.1, 0.15) is 18.2 Å². The Labute approximate surface area is 203 Å². The van der Waals surface area contributed by atoms with E-state index in [1.54, 1.807) is 25.3 Å². The topological polar surface area (TPSA) is 71.3 Å². The van der Waals surface area contributed by atoms with Crippen LogP contribution in [0.3, 0.4) is 0 Å². The first-order chi connectivity index (χ1) is 15.0. The van der Waals surface area contributed by atoms with Crippen LogP contribution in [0, 0.1) is 14.9 Å². The quantitative estimate of drug-likeness (QED) is 0.203. The fourth-order valence-electron chi connectivity index (χ4n) is 2.77. The number of ether oxygens (including phenoxy) is 2. The maximum absolute atomic E-state index is 12.6. The van der Waals surface area contributed by atoms with Crippen molar-refractivity contribution in [2.45, 2.75) is 6.61 Å². The number of benzene rings is 3. The summed E-state index contributed by atoms with van der Waals surface area (Å²) in [6.45, 7) is 0.382. The molecule has 1 N–H and O–H groups in total. The molecule has 0 bridgehead atoms. The van der Waals surface area contributed by atoms with Gasteiger partial charge in [-0.15, -0.1) is 0 Å². The van der Waals surface area contributed by atoms with Crippen molar-refractivity contribution in [1.82, 2.24) is 0 Å². The van der Waals surface area contributed by atoms with Crippen LogP contribution in [0.2, 0.25) is 0 Å². The van der Waals surface area contributed by atoms with Crippen molar-refractivity contribution < 1.29 is 14.3 Å². The van der Waals surface area contributed by atoms with Gasteiger partial charge in [0.05, 0.1) is 11.6 Å². The monoisotopic (exact) mass is 588 g/mol. The lowest BCUT2D eigenvalue weighted by atomic mass is 10.1. The number of amides is 1. The number of anilines is 1. The molecule has 0 aromatic heterocycles. The molecular weight excluding hydrogens is 571 g/mol. The third-order valence-electron chi connectivity index (χ3n) is 4.24. The van der Waals surface area contributed by atoms with E-state index in [0.717, 1.165) is 9.13 Å². The van der Waals surface area contributed by atoms with E-state index >= 15 is 0 Å². The molecule has 0 aliphatic heterocycles. The van der Waals surface area contributed by atoms with E-state index in [4.69, 9.17) is 9.47 Å². The van der Waals surface area contributed by atoms with Crippen molar-refractivity contribution in [1.29, 1.82) is 5.26 Å². The highest BCUT2D eigenvalue weighted by Gasteiger charge is 2.14. The SMILES string of the molecule is COc1cc(/C=C(\C#N)C(=O)Nc2cccc(I)c2)cc(Br)c1OCc1ccccc1. The fraction of sp³-hybridized carbons (Fsp3) is 0.0833. The van der Waals surface area contributed by atoms with Crippen molar-refractivity contribution in [2.75, 3.05) is 12.4 Å². The minimum atomic E-state index is -0.482. The van der Waals surface area contributed by atoms with Crippen LogP contribution in [0.1, 0.15) is 11.1 Å². The lowest BCUT2D eigenvalue weighted by molar-refractivity contribution is -0.112. The molecule has 0 heterocycles. The normalized spacial score (nSPS) is 10.8. The maximum Gasteiger partial charge on any atom is 0.266 e. The minimum absolute atomic E-state index is 0.0224. The van der Waals surface area contributed by atoms with E-state index < -0.39 is 5.91 Å². The largest absolute Gasteiger partial charge is 0.493 e. The van der Waals surface area contributed by atoms with Crippen LogP contribution in [0.15, 0.2) is 76.8 Å². The Bertz CT molecular complexity index is 1160. The molecule has 0 saturated heterocycles. The predicted molar refractivity (Wildman–Crippen MR) is 133 cm³/mol. The van der Waals surface area contributed by atoms with E-state index in [1.165, 1.54) is 6.08 Å². The van der Waals surface area contributed by atoms with Gasteiger partial charge in [0, 0.05) is 9.26 Å². The van der Waals surface area contributed by atoms with Gasteiger partial charge in [-0.3, -0.25) is 4.79 Å². The van der Waals surface area contributed by atoms with Crippen LogP contribution in [0.25, 0.3) is 6.08 Å². The highest BCUT2D eigenvalue weighted by Crippen LogP contribution is 2.37. The van der Waals surface area contributed by atoms with Gasteiger partial charge in [-0.05, 0) is 86.1 Å². The van der Waals surface area contributed by atoms with Crippen LogP contribution < -0.4 is 14.8 Å². The van der Waals surface area contributed by atoms with E-state index in [0.29, 0.717) is 33.8 Å². The molecule has 7 heteroatoms. The number of rotatable bonds is 7. The number of hydrogen-bond acceptors (Lipinski definition) is 4. The standard InChI is InChI=1S/C24H18BrIN2O3/c1-30-22-12-17(11-21(25)23(22)31-15-16-6-3-2-4-7-16)10-18(14-27)24(29)28-20-9-5-8-19(26)13-20/h2-13H,15H2,1H3,(H,28,29)/b18-10+. The Balaban J connectivity index is 1.82. The lowest BCUT2D eigenvalue weighted by Gasteiger charge is -2.14. The zero-order valence-corrected chi connectivity index (χ0v) is 20.3. The van der Waals surface area contributed by atoms with Crippen LogP contribution in [-0.2, 0) is 11.4 Å². The fourth-order valence-corrected chi connectivity index (χ4v) is 3.89. The number of nitriles is 1. The van der Waals surface area contributed by atoms with Crippen LogP contribution in [-0.4, -0.2) is 13.0 Å². The van der Waals surface area contributed by atoms with E-state index in [2.05, 4.69) is 43.8 Å². The molecule has 156 valence electrons. The summed E-state index contributed by atoms with van der Waals surface area (Å²) in [7, 11) is 1.54. The van der Waals surface area contributed by atoms with E-state index in [-0.39, 0.29) is 5.57 Å². The third-order valence-corrected chi connectivity index (χ3v) is 5.50. The molecular formula is C24H18BrIN2O3. The number of halogens is 2. The highest BCUT2D eigenvalue weighted by molar-refractivity contribution is 14.1. The first-order valence-electron chi connectivity index (χ1n) is 9.23. The van der Waals surface area contributed by atoms with Crippen LogP contribution >= 0.6 is 38.5 Å². The number of nitrogens with zero attached hydrogens (tertiary/aromatic N) is 1. The number of nitrogens with one attached hydrogen (secondary N) is 1. The van der Waals surface area contributed by atoms with E-state index in [9.17, 15) is 10.1 Å². The second kappa shape index (κ2) is 11.0. The van der Waals surface area contributed by atoms with Crippen molar-refractivity contribution in [3.05, 3.63) is 91.5 Å². The summed E-state index contributed by atoms with van der Waals surface area (Å²) in [5.74, 6) is 0.557. The second-order valence-corrected chi connectivity index (χ2v) is 8.54. The molecule has 0 fully saturated rings. The second-order valence-electron chi connectivity index (χ2n) is 6.44. The molecule has 0 spiro atoms. The summed E-state index contributed by atoms with van der Waals surface area (Å²) in [5.41, 5.74) is 2.26. The molecule has 31 heavy (non-hydrogen) atoms. The Kier molecular flexibility index (Phi) is 8.09. The van der Waals surface area contributed by atoms with Gasteiger partial charge in [-0.25, -0.2) is 0 Å². The first kappa shape index (κ1) is 22.8. The predicted octanol–water partition coefficient (Wildman–Crippen LogP) is 6.19. The summed E-state index contributed by atoms with van der Waals surface area (Å²) >= 11 is 5.66. The number of carbonyl (C=O) groups is 1. The van der Waals surface area contributed by atoms with Crippen molar-refractivity contribution in [3.8, 4) is 17.6 Å². The molecule has 0 radical (unpaired) electrons. The molecule has 0 unspecified atom stereocenters. The van der Waals surface area contributed by atoms with Gasteiger partial charge in [-0.1, -0.05) is 36.4 Å². The Morgan fingerprint density at radius 2 is 1.94 bits per heavy atom. The number of carbonyl (C=O) groups excluding carboxylic acids is 1. The zero-order valence-electron chi connectivity index (χ0n) is 16.6. The molecule has 3 aromatic carbocycles. The summed E-state index contributed by atoms with van der Waals surface area (Å²) in [4.78, 5) is 12.6. The Morgan fingerprint density at radius 3 is 2.61 bits per heavy atom. The van der Waals surface area contributed by atoms with Crippen molar-refractivity contribution >= 4 is 56.2 Å². The molecule has 3 aromatic rings. The summed E-state index contributed by atoms with van der Waals surface area (Å²) in [6.07, 6.45) is 1.51. The van der Waals surface area contributed by atoms with Crippen LogP contribution in [0.5, 0.6) is 11.5 Å². The average Bonchev–Trinajstić information content (AvgIpc) is 2.77. The van der Waals surface area contributed by atoms with Crippen LogP contribution in [0.4, 0.5) is 5.69 Å². The number of hydrogen-bond donors (Lipinski definition) is 1. The number of methoxy groups -OCH3 is 1. The molecule has 0 atom stereocenters. The molecule has 0 aliphatic rings. The maximum atomic E-state index is 12.6. The molecule has 5 nitrogen and oxygen atoms in total. The van der Waals surface area contributed by atoms with Gasteiger partial charge in [0.25, 0.3) is 5.91 Å². The lowest BCUT2D eigenvalue weighted by Crippen LogP contribution is -2.13. The summed E-state index contributed by atoms with van der Waals surface area (Å²) in [5, 5.41) is 12.2. The van der Waals surface area contributed by atoms with Gasteiger partial charge >= 0.3 is 0 Å². The highest BCUT2D eigenvalue weighted by atomic mass is 127. The zero-order chi connectivity index (χ0) is 22.2. The van der Waals surface area contributed by atoms with Crippen molar-refractivity contribution in [3.63, 3.8) is 0 Å². The molecule has 1 amide bonds. The van der Waals surface area contributed by atoms with Gasteiger partial charge < -0.3 is 14.8 Å². The first-order valence-corrected chi connectivity index (χ1v) is 11.1. The Hall–Kier alpha value is -2.83. The van der Waals surface area contributed by atoms with Crippen molar-refractivity contribution in [2.24, 2.45) is 0 Å². The molecule has 0 saturated carbocycles. The summed E-state index contributed by atoms with van der Waals surface area (Å²) in [6, 6.07) is 22.6. The Morgan fingerprint density at radius 1 is 1.16 bits per heavy atom. The third kappa shape index (κ3) is 6.32. The molecule has 0 aliphatic carbocycles. The molecule has 3 rings (SSSR count). The van der Waals surface area contributed by atoms with Gasteiger partial charge in [-0.2, -0.15) is 5.26 Å². The van der Waals surface area contributed by atoms with Gasteiger partial charge in [0.15, 0.2) is 11.5 Å². The summed E-state index contributed by atoms with van der Waals surface area (Å²) < 4.78 is 13.0. The smallest absolute Gasteiger partial charge is 0.266 e. The van der Waals surface area contributed by atoms with Gasteiger partial charge in [0.2, 0.25) is 0 Å². The van der Waals surface area contributed by atoms with E-state index in [1.807, 2.05) is 54.6 Å².